The van der Waals surface area contributed by atoms with Gasteiger partial charge in [0.1, 0.15) is 17.7 Å². The molecule has 3 aliphatic heterocycles. The number of likely N-dealkylation sites (N-methyl/N-ethyl adjacent to an activating group) is 1. The fourth-order valence-corrected chi connectivity index (χ4v) is 8.84. The number of pyridine rings is 1. The van der Waals surface area contributed by atoms with Crippen molar-refractivity contribution in [3.8, 4) is 0 Å². The molecule has 1 fully saturated rings. The van der Waals surface area contributed by atoms with Crippen LogP contribution >= 0.6 is 11.3 Å². The van der Waals surface area contributed by atoms with Gasteiger partial charge in [0, 0.05) is 48.9 Å². The Bertz CT molecular complexity index is 1650. The second-order valence-corrected chi connectivity index (χ2v) is 13.6. The Balaban J connectivity index is 1.16. The Kier molecular flexibility index (Phi) is 7.76. The summed E-state index contributed by atoms with van der Waals surface area (Å²) in [6, 6.07) is 6.45. The number of halogens is 1. The number of amides is 2. The number of hydrogen-bond acceptors (Lipinski definition) is 7. The first-order valence-electron chi connectivity index (χ1n) is 15.6. The van der Waals surface area contributed by atoms with E-state index in [-0.39, 0.29) is 24.8 Å². The van der Waals surface area contributed by atoms with Crippen molar-refractivity contribution in [3.63, 3.8) is 0 Å². The molecule has 2 aromatic heterocycles. The summed E-state index contributed by atoms with van der Waals surface area (Å²) in [7, 11) is 3.80. The van der Waals surface area contributed by atoms with E-state index in [9.17, 15) is 14.7 Å². The van der Waals surface area contributed by atoms with Crippen LogP contribution in [0.5, 0.6) is 0 Å². The van der Waals surface area contributed by atoms with Gasteiger partial charge in [-0.25, -0.2) is 9.37 Å². The van der Waals surface area contributed by atoms with Crippen LogP contribution in [0.1, 0.15) is 80.5 Å². The summed E-state index contributed by atoms with van der Waals surface area (Å²) in [5, 5.41) is 13.9. The molecule has 7 rings (SSSR count). The monoisotopic (exact) mass is 615 g/mol. The number of nitrogens with zero attached hydrogens (tertiary/aromatic N) is 4. The molecule has 0 bridgehead atoms. The van der Waals surface area contributed by atoms with Gasteiger partial charge in [-0.2, -0.15) is 0 Å². The number of aromatic nitrogens is 1. The van der Waals surface area contributed by atoms with Crippen molar-refractivity contribution in [1.29, 1.82) is 0 Å². The number of hydrogen-bond donors (Lipinski definition) is 2. The smallest absolute Gasteiger partial charge is 0.268 e. The molecule has 0 spiro atoms. The Morgan fingerprint density at radius 1 is 1.07 bits per heavy atom. The lowest BCUT2D eigenvalue weighted by atomic mass is 9.90. The second-order valence-electron chi connectivity index (χ2n) is 12.5. The van der Waals surface area contributed by atoms with Gasteiger partial charge < -0.3 is 20.2 Å². The molecule has 1 aromatic carbocycles. The molecule has 44 heavy (non-hydrogen) atoms. The molecular formula is C34H38FN5O3S. The summed E-state index contributed by atoms with van der Waals surface area (Å²) < 4.78 is 15.3. The molecule has 1 saturated heterocycles. The van der Waals surface area contributed by atoms with Crippen LogP contribution in [0, 0.1) is 5.82 Å². The first kappa shape index (κ1) is 29.1. The van der Waals surface area contributed by atoms with Gasteiger partial charge in [0.05, 0.1) is 17.2 Å². The molecule has 1 aliphatic carbocycles. The minimum Gasteiger partial charge on any atom is -0.392 e. The van der Waals surface area contributed by atoms with Crippen molar-refractivity contribution in [2.24, 2.45) is 0 Å². The zero-order valence-corrected chi connectivity index (χ0v) is 26.1. The molecule has 5 heterocycles. The molecule has 4 aliphatic rings. The highest BCUT2D eigenvalue weighted by atomic mass is 32.1. The molecule has 8 nitrogen and oxygen atoms in total. The van der Waals surface area contributed by atoms with Gasteiger partial charge >= 0.3 is 0 Å². The fraction of sp³-hybridized carbons (Fsp3) is 0.441. The number of fused-ring (bicyclic) bond motifs is 3. The minimum atomic E-state index is -0.623. The van der Waals surface area contributed by atoms with Crippen molar-refractivity contribution < 1.29 is 19.1 Å². The van der Waals surface area contributed by atoms with Gasteiger partial charge in [0.2, 0.25) is 5.91 Å². The van der Waals surface area contributed by atoms with Crippen LogP contribution in [0.3, 0.4) is 0 Å². The van der Waals surface area contributed by atoms with Crippen molar-refractivity contribution in [2.45, 2.75) is 70.1 Å². The number of aryl methyl sites for hydroxylation is 1. The number of benzene rings is 1. The van der Waals surface area contributed by atoms with E-state index in [1.807, 2.05) is 12.3 Å². The Hall–Kier alpha value is -3.60. The van der Waals surface area contributed by atoms with E-state index in [4.69, 9.17) is 0 Å². The average molecular weight is 616 g/mol. The number of aliphatic hydroxyl groups excluding tert-OH is 1. The number of carbonyl (C=O) groups is 2. The third kappa shape index (κ3) is 5.12. The predicted molar refractivity (Wildman–Crippen MR) is 170 cm³/mol. The highest BCUT2D eigenvalue weighted by Gasteiger charge is 2.35. The van der Waals surface area contributed by atoms with E-state index < -0.39 is 11.9 Å². The molecule has 2 N–H and O–H groups in total. The van der Waals surface area contributed by atoms with Gasteiger partial charge in [-0.05, 0) is 105 Å². The summed E-state index contributed by atoms with van der Waals surface area (Å²) in [5.41, 5.74) is 5.75. The quantitative estimate of drug-likeness (QED) is 0.391. The lowest BCUT2D eigenvalue weighted by Gasteiger charge is -2.32. The first-order chi connectivity index (χ1) is 21.3. The molecule has 1 unspecified atom stereocenters. The van der Waals surface area contributed by atoms with Crippen LogP contribution in [-0.2, 0) is 30.7 Å². The summed E-state index contributed by atoms with van der Waals surface area (Å²) in [6.45, 7) is 1.14. The van der Waals surface area contributed by atoms with E-state index >= 15 is 4.39 Å². The van der Waals surface area contributed by atoms with E-state index in [0.717, 1.165) is 61.1 Å². The van der Waals surface area contributed by atoms with Gasteiger partial charge in [0.15, 0.2) is 0 Å². The van der Waals surface area contributed by atoms with Gasteiger partial charge in [-0.1, -0.05) is 6.07 Å². The fourth-order valence-electron chi connectivity index (χ4n) is 7.46. The van der Waals surface area contributed by atoms with Crippen LogP contribution in [0.15, 0.2) is 36.7 Å². The van der Waals surface area contributed by atoms with Crippen LogP contribution in [-0.4, -0.2) is 64.9 Å². The summed E-state index contributed by atoms with van der Waals surface area (Å²) in [6.07, 6.45) is 11.2. The van der Waals surface area contributed by atoms with Crippen LogP contribution in [0.4, 0.5) is 15.9 Å². The molecule has 10 heteroatoms. The average Bonchev–Trinajstić information content (AvgIpc) is 3.63. The van der Waals surface area contributed by atoms with Crippen molar-refractivity contribution >= 4 is 40.2 Å². The largest absolute Gasteiger partial charge is 0.392 e. The Labute approximate surface area is 261 Å². The third-order valence-electron chi connectivity index (χ3n) is 9.72. The maximum absolute atomic E-state index is 15.3. The topological polar surface area (TPSA) is 89.0 Å². The Morgan fingerprint density at radius 2 is 1.91 bits per heavy atom. The number of thiophene rings is 1. The maximum atomic E-state index is 15.3. The van der Waals surface area contributed by atoms with E-state index in [2.05, 4.69) is 28.3 Å². The molecule has 3 aromatic rings. The number of rotatable bonds is 6. The molecule has 230 valence electrons. The second kappa shape index (κ2) is 11.7. The maximum Gasteiger partial charge on any atom is 0.268 e. The summed E-state index contributed by atoms with van der Waals surface area (Å²) in [5.74, 6) is -0.147. The minimum absolute atomic E-state index is 0.125. The van der Waals surface area contributed by atoms with E-state index in [1.165, 1.54) is 33.9 Å². The lowest BCUT2D eigenvalue weighted by molar-refractivity contribution is -0.128. The van der Waals surface area contributed by atoms with E-state index in [1.54, 1.807) is 29.5 Å². The van der Waals surface area contributed by atoms with Crippen LogP contribution in [0.25, 0.3) is 5.57 Å². The highest BCUT2D eigenvalue weighted by molar-refractivity contribution is 7.14. The predicted octanol–water partition coefficient (Wildman–Crippen LogP) is 5.31. The van der Waals surface area contributed by atoms with Crippen molar-refractivity contribution in [2.75, 3.05) is 37.4 Å². The van der Waals surface area contributed by atoms with Crippen LogP contribution in [0.2, 0.25) is 0 Å². The lowest BCUT2D eigenvalue weighted by Crippen LogP contribution is -2.42. The number of likely N-dealkylation sites (tertiary alicyclic amines) is 1. The molecule has 0 radical (unpaired) electrons. The SMILES string of the molecule is CN1C=C(c2cc(F)cc(N3CCc4c(sc5c4CCCC5)C3=O)c2CO)CC(Nc2ccc([C@H]3CCCN3C)cn2)C1=O. The molecule has 0 saturated carbocycles. The number of carbonyl (C=O) groups excluding carboxylic acids is 2. The highest BCUT2D eigenvalue weighted by Crippen LogP contribution is 2.41. The standard InChI is InChI=1S/C34H38FN5O3S/c1-38-12-5-7-28(38)20-9-10-31(36-17-20)37-27-14-21(18-39(2)33(27)42)25-15-22(35)16-29(26(25)19-41)40-13-11-24-23-6-3-4-8-30(23)44-32(24)34(40)43/h9-10,15-18,27-28,41H,3-8,11-14,19H2,1-2H3,(H,36,37)/t27?,28-/m1/s1. The first-order valence-corrected chi connectivity index (χ1v) is 16.4. The van der Waals surface area contributed by atoms with E-state index in [0.29, 0.717) is 40.8 Å². The zero-order valence-electron chi connectivity index (χ0n) is 25.2. The molecule has 2 atom stereocenters. The normalized spacial score (nSPS) is 22.2. The number of anilines is 2. The molecular weight excluding hydrogens is 577 g/mol. The van der Waals surface area contributed by atoms with Gasteiger partial charge in [-0.3, -0.25) is 14.5 Å². The van der Waals surface area contributed by atoms with Crippen molar-refractivity contribution in [1.82, 2.24) is 14.8 Å². The molecule has 2 amide bonds. The van der Waals surface area contributed by atoms with Gasteiger partial charge in [0.25, 0.3) is 5.91 Å². The number of aliphatic hydroxyl groups is 1. The third-order valence-corrected chi connectivity index (χ3v) is 11.0. The van der Waals surface area contributed by atoms with Crippen LogP contribution < -0.4 is 10.2 Å². The summed E-state index contributed by atoms with van der Waals surface area (Å²) in [4.78, 5) is 39.2. The zero-order chi connectivity index (χ0) is 30.5. The van der Waals surface area contributed by atoms with Crippen molar-refractivity contribution in [3.05, 3.63) is 80.1 Å². The summed E-state index contributed by atoms with van der Waals surface area (Å²) >= 11 is 1.58. The number of nitrogens with one attached hydrogen (secondary N) is 1. The Morgan fingerprint density at radius 3 is 2.66 bits per heavy atom. The van der Waals surface area contributed by atoms with Gasteiger partial charge in [-0.15, -0.1) is 11.3 Å².